The molecule has 0 fully saturated rings. The Kier molecular flexibility index (Phi) is 4.07. The minimum atomic E-state index is 0.495. The molecule has 2 nitrogen and oxygen atoms in total. The zero-order valence-electron chi connectivity index (χ0n) is 11.1. The van der Waals surface area contributed by atoms with E-state index in [1.165, 1.54) is 16.5 Å². The van der Waals surface area contributed by atoms with Crippen LogP contribution in [0, 0.1) is 12.3 Å². The molecule has 94 valence electrons. The molecule has 0 bridgehead atoms. The SMILES string of the molecule is C#CCCn1ccc2cccc(CNC(C)C)c21. The molecule has 1 N–H and O–H groups in total. The lowest BCUT2D eigenvalue weighted by Crippen LogP contribution is -2.22. The predicted octanol–water partition coefficient (Wildman–Crippen LogP) is 3.16. The third-order valence-electron chi connectivity index (χ3n) is 3.07. The molecule has 0 saturated heterocycles. The molecule has 0 aliphatic carbocycles. The average molecular weight is 240 g/mol. The van der Waals surface area contributed by atoms with Gasteiger partial charge in [0.25, 0.3) is 0 Å². The van der Waals surface area contributed by atoms with Crippen LogP contribution in [0.1, 0.15) is 25.8 Å². The van der Waals surface area contributed by atoms with Crippen LogP contribution in [-0.4, -0.2) is 10.6 Å². The molecule has 0 saturated carbocycles. The maximum Gasteiger partial charge on any atom is 0.0526 e. The molecule has 1 aromatic heterocycles. The Morgan fingerprint density at radius 1 is 1.33 bits per heavy atom. The highest BCUT2D eigenvalue weighted by atomic mass is 15.0. The number of terminal acetylenes is 1. The highest BCUT2D eigenvalue weighted by molar-refractivity contribution is 5.83. The zero-order valence-corrected chi connectivity index (χ0v) is 11.1. The quantitative estimate of drug-likeness (QED) is 0.794. The van der Waals surface area contributed by atoms with Gasteiger partial charge in [-0.25, -0.2) is 0 Å². The zero-order chi connectivity index (χ0) is 13.0. The maximum atomic E-state index is 5.35. The molecule has 0 unspecified atom stereocenters. The largest absolute Gasteiger partial charge is 0.346 e. The van der Waals surface area contributed by atoms with Crippen molar-refractivity contribution in [3.63, 3.8) is 0 Å². The molecule has 1 aromatic carbocycles. The first-order chi connectivity index (χ1) is 8.72. The molecule has 18 heavy (non-hydrogen) atoms. The lowest BCUT2D eigenvalue weighted by atomic mass is 10.1. The molecule has 1 heterocycles. The Balaban J connectivity index is 2.33. The average Bonchev–Trinajstić information content (AvgIpc) is 2.77. The number of rotatable bonds is 5. The van der Waals surface area contributed by atoms with Gasteiger partial charge in [0.05, 0.1) is 5.52 Å². The number of benzene rings is 1. The number of fused-ring (bicyclic) bond motifs is 1. The second-order valence-corrected chi connectivity index (χ2v) is 4.85. The summed E-state index contributed by atoms with van der Waals surface area (Å²) in [6.07, 6.45) is 8.25. The van der Waals surface area contributed by atoms with E-state index in [2.05, 4.69) is 60.1 Å². The summed E-state index contributed by atoms with van der Waals surface area (Å²) in [6.45, 7) is 6.11. The summed E-state index contributed by atoms with van der Waals surface area (Å²) in [7, 11) is 0. The second-order valence-electron chi connectivity index (χ2n) is 4.85. The molecule has 0 aliphatic rings. The van der Waals surface area contributed by atoms with Crippen LogP contribution in [0.25, 0.3) is 10.9 Å². The fourth-order valence-electron chi connectivity index (χ4n) is 2.17. The normalized spacial score (nSPS) is 11.0. The van der Waals surface area contributed by atoms with E-state index < -0.39 is 0 Å². The summed E-state index contributed by atoms with van der Waals surface area (Å²) in [5.41, 5.74) is 2.64. The van der Waals surface area contributed by atoms with Crippen molar-refractivity contribution in [2.45, 2.75) is 39.4 Å². The van der Waals surface area contributed by atoms with E-state index >= 15 is 0 Å². The van der Waals surface area contributed by atoms with Crippen LogP contribution >= 0.6 is 0 Å². The van der Waals surface area contributed by atoms with Crippen LogP contribution in [0.3, 0.4) is 0 Å². The first-order valence-electron chi connectivity index (χ1n) is 6.46. The van der Waals surface area contributed by atoms with Crippen molar-refractivity contribution in [1.29, 1.82) is 0 Å². The van der Waals surface area contributed by atoms with Crippen molar-refractivity contribution in [2.75, 3.05) is 0 Å². The number of aryl methyl sites for hydroxylation is 1. The van der Waals surface area contributed by atoms with Gasteiger partial charge < -0.3 is 9.88 Å². The number of hydrogen-bond acceptors (Lipinski definition) is 1. The van der Waals surface area contributed by atoms with Crippen LogP contribution in [0.2, 0.25) is 0 Å². The summed E-state index contributed by atoms with van der Waals surface area (Å²) in [5, 5.41) is 4.76. The molecule has 2 aromatic rings. The summed E-state index contributed by atoms with van der Waals surface area (Å²) in [4.78, 5) is 0. The standard InChI is InChI=1S/C16H20N2/c1-4-5-10-18-11-9-14-7-6-8-15(16(14)18)12-17-13(2)3/h1,6-9,11,13,17H,5,10,12H2,2-3H3. The van der Waals surface area contributed by atoms with Crippen molar-refractivity contribution in [1.82, 2.24) is 9.88 Å². The number of nitrogens with zero attached hydrogens (tertiary/aromatic N) is 1. The Morgan fingerprint density at radius 2 is 2.17 bits per heavy atom. The van der Waals surface area contributed by atoms with Gasteiger partial charge in [-0.3, -0.25) is 0 Å². The first-order valence-corrected chi connectivity index (χ1v) is 6.46. The summed E-state index contributed by atoms with van der Waals surface area (Å²) in [6, 6.07) is 9.11. The van der Waals surface area contributed by atoms with Gasteiger partial charge in [0.15, 0.2) is 0 Å². The van der Waals surface area contributed by atoms with Crippen LogP contribution < -0.4 is 5.32 Å². The molecule has 0 aliphatic heterocycles. The Labute approximate surface area is 109 Å². The summed E-state index contributed by atoms with van der Waals surface area (Å²) in [5.74, 6) is 2.70. The minimum absolute atomic E-state index is 0.495. The van der Waals surface area contributed by atoms with Gasteiger partial charge in [0.1, 0.15) is 0 Å². The Morgan fingerprint density at radius 3 is 2.89 bits per heavy atom. The molecule has 0 amide bonds. The lowest BCUT2D eigenvalue weighted by molar-refractivity contribution is 0.589. The van der Waals surface area contributed by atoms with Crippen molar-refractivity contribution < 1.29 is 0 Å². The predicted molar refractivity (Wildman–Crippen MR) is 77.4 cm³/mol. The molecular formula is C16H20N2. The number of hydrogen-bond donors (Lipinski definition) is 1. The first kappa shape index (κ1) is 12.7. The van der Waals surface area contributed by atoms with Crippen LogP contribution in [-0.2, 0) is 13.1 Å². The Hall–Kier alpha value is -1.72. The van der Waals surface area contributed by atoms with Crippen LogP contribution in [0.15, 0.2) is 30.5 Å². The highest BCUT2D eigenvalue weighted by Crippen LogP contribution is 2.20. The smallest absolute Gasteiger partial charge is 0.0526 e. The van der Waals surface area contributed by atoms with Crippen molar-refractivity contribution >= 4 is 10.9 Å². The molecule has 2 rings (SSSR count). The Bertz CT molecular complexity index is 558. The van der Waals surface area contributed by atoms with E-state index in [1.54, 1.807) is 0 Å². The van der Waals surface area contributed by atoms with E-state index in [4.69, 9.17) is 6.42 Å². The van der Waals surface area contributed by atoms with Gasteiger partial charge in [-0.2, -0.15) is 0 Å². The number of nitrogens with one attached hydrogen (secondary N) is 1. The molecule has 0 spiro atoms. The fourth-order valence-corrected chi connectivity index (χ4v) is 2.17. The molecule has 0 atom stereocenters. The van der Waals surface area contributed by atoms with E-state index in [-0.39, 0.29) is 0 Å². The van der Waals surface area contributed by atoms with Crippen molar-refractivity contribution in [3.05, 3.63) is 36.0 Å². The van der Waals surface area contributed by atoms with Crippen molar-refractivity contribution in [2.24, 2.45) is 0 Å². The minimum Gasteiger partial charge on any atom is -0.346 e. The summed E-state index contributed by atoms with van der Waals surface area (Å²) < 4.78 is 2.26. The number of aromatic nitrogens is 1. The van der Waals surface area contributed by atoms with E-state index in [9.17, 15) is 0 Å². The van der Waals surface area contributed by atoms with E-state index in [1.807, 2.05) is 0 Å². The third-order valence-corrected chi connectivity index (χ3v) is 3.07. The van der Waals surface area contributed by atoms with Gasteiger partial charge in [0, 0.05) is 31.7 Å². The fraction of sp³-hybridized carbons (Fsp3) is 0.375. The second kappa shape index (κ2) is 5.75. The van der Waals surface area contributed by atoms with E-state index in [0.717, 1.165) is 19.5 Å². The maximum absolute atomic E-state index is 5.35. The van der Waals surface area contributed by atoms with Gasteiger partial charge in [0.2, 0.25) is 0 Å². The molecular weight excluding hydrogens is 220 g/mol. The summed E-state index contributed by atoms with van der Waals surface area (Å²) >= 11 is 0. The van der Waals surface area contributed by atoms with Gasteiger partial charge in [-0.1, -0.05) is 32.0 Å². The van der Waals surface area contributed by atoms with Gasteiger partial charge in [-0.15, -0.1) is 12.3 Å². The van der Waals surface area contributed by atoms with Crippen LogP contribution in [0.5, 0.6) is 0 Å². The highest BCUT2D eigenvalue weighted by Gasteiger charge is 2.06. The monoisotopic (exact) mass is 240 g/mol. The van der Waals surface area contributed by atoms with Gasteiger partial charge >= 0.3 is 0 Å². The lowest BCUT2D eigenvalue weighted by Gasteiger charge is -2.12. The topological polar surface area (TPSA) is 17.0 Å². The molecule has 0 radical (unpaired) electrons. The van der Waals surface area contributed by atoms with Crippen LogP contribution in [0.4, 0.5) is 0 Å². The van der Waals surface area contributed by atoms with Crippen molar-refractivity contribution in [3.8, 4) is 12.3 Å². The molecule has 2 heteroatoms. The number of para-hydroxylation sites is 1. The van der Waals surface area contributed by atoms with E-state index in [0.29, 0.717) is 6.04 Å². The van der Waals surface area contributed by atoms with Gasteiger partial charge in [-0.05, 0) is 17.0 Å². The third kappa shape index (κ3) is 2.75.